The van der Waals surface area contributed by atoms with E-state index in [9.17, 15) is 19.6 Å². The van der Waals surface area contributed by atoms with Gasteiger partial charge in [0.1, 0.15) is 11.1 Å². The molecule has 0 bridgehead atoms. The molecular formula is C23H25N3O4S. The van der Waals surface area contributed by atoms with Crippen molar-refractivity contribution in [3.63, 3.8) is 0 Å². The molecule has 0 saturated carbocycles. The molecule has 1 aromatic carbocycles. The molecule has 162 valence electrons. The number of amides is 2. The van der Waals surface area contributed by atoms with Crippen molar-refractivity contribution in [2.24, 2.45) is 0 Å². The lowest BCUT2D eigenvalue weighted by molar-refractivity contribution is -0.147. The highest BCUT2D eigenvalue weighted by Gasteiger charge is 2.21. The zero-order chi connectivity index (χ0) is 22.1. The Kier molecular flexibility index (Phi) is 8.19. The van der Waals surface area contributed by atoms with Gasteiger partial charge in [-0.15, -0.1) is 11.3 Å². The average molecular weight is 440 g/mol. The number of nitrogens with one attached hydrogen (secondary N) is 2. The highest BCUT2D eigenvalue weighted by Crippen LogP contribution is 2.36. The minimum absolute atomic E-state index is 0.0233. The molecule has 8 heteroatoms. The number of hydrogen-bond acceptors (Lipinski definition) is 6. The summed E-state index contributed by atoms with van der Waals surface area (Å²) in [6.07, 6.45) is 5.28. The molecule has 0 spiro atoms. The maximum absolute atomic E-state index is 12.2. The fourth-order valence-corrected chi connectivity index (χ4v) is 4.73. The van der Waals surface area contributed by atoms with Crippen molar-refractivity contribution in [1.29, 1.82) is 5.26 Å². The van der Waals surface area contributed by atoms with E-state index in [4.69, 9.17) is 4.74 Å². The van der Waals surface area contributed by atoms with Crippen LogP contribution in [0.15, 0.2) is 30.3 Å². The molecule has 2 amide bonds. The largest absolute Gasteiger partial charge is 0.456 e. The van der Waals surface area contributed by atoms with Crippen LogP contribution in [0.25, 0.3) is 0 Å². The molecule has 2 aromatic rings. The Balaban J connectivity index is 1.39. The first-order valence-corrected chi connectivity index (χ1v) is 11.2. The first-order valence-electron chi connectivity index (χ1n) is 10.4. The number of ether oxygens (including phenoxy) is 1. The van der Waals surface area contributed by atoms with Gasteiger partial charge in [-0.1, -0.05) is 36.8 Å². The summed E-state index contributed by atoms with van der Waals surface area (Å²) in [7, 11) is 0. The Labute approximate surface area is 185 Å². The van der Waals surface area contributed by atoms with Gasteiger partial charge < -0.3 is 15.4 Å². The van der Waals surface area contributed by atoms with Gasteiger partial charge in [0.2, 0.25) is 5.91 Å². The van der Waals surface area contributed by atoms with Crippen molar-refractivity contribution < 1.29 is 19.1 Å². The molecule has 0 atom stereocenters. The number of thiophene rings is 1. The predicted molar refractivity (Wildman–Crippen MR) is 118 cm³/mol. The van der Waals surface area contributed by atoms with Crippen molar-refractivity contribution in [2.45, 2.75) is 44.9 Å². The molecule has 0 unspecified atom stereocenters. The SMILES string of the molecule is N#Cc1c(NC(=O)COC(=O)CCNC(=O)Cc2ccccc2)sc2c1CCCCC2. The van der Waals surface area contributed by atoms with E-state index in [0.717, 1.165) is 48.1 Å². The Morgan fingerprint density at radius 1 is 1.06 bits per heavy atom. The van der Waals surface area contributed by atoms with Crippen LogP contribution >= 0.6 is 11.3 Å². The molecule has 1 heterocycles. The lowest BCUT2D eigenvalue weighted by atomic mass is 10.1. The fraction of sp³-hybridized carbons (Fsp3) is 0.391. The second-order valence-corrected chi connectivity index (χ2v) is 8.46. The zero-order valence-electron chi connectivity index (χ0n) is 17.2. The summed E-state index contributed by atoms with van der Waals surface area (Å²) in [5, 5.41) is 15.4. The number of carbonyl (C=O) groups excluding carboxylic acids is 3. The summed E-state index contributed by atoms with van der Waals surface area (Å²) < 4.78 is 4.99. The van der Waals surface area contributed by atoms with Crippen LogP contribution in [0.3, 0.4) is 0 Å². The van der Waals surface area contributed by atoms with Gasteiger partial charge >= 0.3 is 5.97 Å². The Bertz CT molecular complexity index is 979. The van der Waals surface area contributed by atoms with Crippen LogP contribution in [0.2, 0.25) is 0 Å². The van der Waals surface area contributed by atoms with Gasteiger partial charge in [-0.05, 0) is 36.8 Å². The van der Waals surface area contributed by atoms with Crippen LogP contribution in [0, 0.1) is 11.3 Å². The molecule has 1 aliphatic rings. The van der Waals surface area contributed by atoms with Gasteiger partial charge in [0.15, 0.2) is 6.61 Å². The molecule has 1 aliphatic carbocycles. The second kappa shape index (κ2) is 11.3. The van der Waals surface area contributed by atoms with Crippen LogP contribution < -0.4 is 10.6 Å². The number of carbonyl (C=O) groups is 3. The Morgan fingerprint density at radius 3 is 2.61 bits per heavy atom. The summed E-state index contributed by atoms with van der Waals surface area (Å²) >= 11 is 1.44. The molecule has 0 radical (unpaired) electrons. The van der Waals surface area contributed by atoms with Crippen molar-refractivity contribution in [3.05, 3.63) is 51.9 Å². The second-order valence-electron chi connectivity index (χ2n) is 7.35. The van der Waals surface area contributed by atoms with Gasteiger partial charge in [-0.3, -0.25) is 14.4 Å². The molecule has 7 nitrogen and oxygen atoms in total. The first-order chi connectivity index (χ1) is 15.1. The maximum atomic E-state index is 12.2. The first kappa shape index (κ1) is 22.5. The van der Waals surface area contributed by atoms with Crippen molar-refractivity contribution in [1.82, 2.24) is 5.32 Å². The number of hydrogen-bond donors (Lipinski definition) is 2. The number of nitriles is 1. The highest BCUT2D eigenvalue weighted by atomic mass is 32.1. The van der Waals surface area contributed by atoms with E-state index in [1.54, 1.807) is 0 Å². The number of rotatable bonds is 8. The molecular weight excluding hydrogens is 414 g/mol. The third kappa shape index (κ3) is 6.66. The van der Waals surface area contributed by atoms with Crippen LogP contribution in [-0.4, -0.2) is 30.9 Å². The minimum Gasteiger partial charge on any atom is -0.456 e. The maximum Gasteiger partial charge on any atom is 0.308 e. The summed E-state index contributed by atoms with van der Waals surface area (Å²) in [5.74, 6) is -1.23. The van der Waals surface area contributed by atoms with E-state index in [1.807, 2.05) is 30.3 Å². The molecule has 1 aromatic heterocycles. The third-order valence-corrected chi connectivity index (χ3v) is 6.22. The minimum atomic E-state index is -0.572. The predicted octanol–water partition coefficient (Wildman–Crippen LogP) is 3.12. The molecule has 0 aliphatic heterocycles. The van der Waals surface area contributed by atoms with Crippen molar-refractivity contribution >= 4 is 34.1 Å². The number of esters is 1. The van der Waals surface area contributed by atoms with Crippen LogP contribution in [0.5, 0.6) is 0 Å². The monoisotopic (exact) mass is 439 g/mol. The highest BCUT2D eigenvalue weighted by molar-refractivity contribution is 7.16. The molecule has 0 fully saturated rings. The third-order valence-electron chi connectivity index (χ3n) is 5.01. The van der Waals surface area contributed by atoms with E-state index in [-0.39, 0.29) is 25.3 Å². The Hall–Kier alpha value is -3.18. The lowest BCUT2D eigenvalue weighted by Gasteiger charge is -2.07. The van der Waals surface area contributed by atoms with E-state index >= 15 is 0 Å². The number of anilines is 1. The van der Waals surface area contributed by atoms with Gasteiger partial charge in [0.05, 0.1) is 18.4 Å². The summed E-state index contributed by atoms with van der Waals surface area (Å²) in [6, 6.07) is 11.5. The molecule has 31 heavy (non-hydrogen) atoms. The zero-order valence-corrected chi connectivity index (χ0v) is 18.1. The van der Waals surface area contributed by atoms with Gasteiger partial charge in [-0.2, -0.15) is 5.26 Å². The average Bonchev–Trinajstić information content (AvgIpc) is 2.91. The topological polar surface area (TPSA) is 108 Å². The number of benzene rings is 1. The van der Waals surface area contributed by atoms with Crippen LogP contribution in [0.1, 0.15) is 47.3 Å². The van der Waals surface area contributed by atoms with Crippen molar-refractivity contribution in [3.8, 4) is 6.07 Å². The van der Waals surface area contributed by atoms with Gasteiger partial charge in [0.25, 0.3) is 5.91 Å². The number of nitrogens with zero attached hydrogens (tertiary/aromatic N) is 1. The van der Waals surface area contributed by atoms with Crippen LogP contribution in [-0.2, 0) is 38.4 Å². The fourth-order valence-electron chi connectivity index (χ4n) is 3.48. The molecule has 3 rings (SSSR count). The molecule has 0 saturated heterocycles. The summed E-state index contributed by atoms with van der Waals surface area (Å²) in [5.41, 5.74) is 2.47. The van der Waals surface area contributed by atoms with E-state index in [0.29, 0.717) is 10.6 Å². The number of fused-ring (bicyclic) bond motifs is 1. The lowest BCUT2D eigenvalue weighted by Crippen LogP contribution is -2.28. The normalized spacial score (nSPS) is 12.7. The Morgan fingerprint density at radius 2 is 1.84 bits per heavy atom. The molecule has 2 N–H and O–H groups in total. The van der Waals surface area contributed by atoms with E-state index < -0.39 is 18.5 Å². The standard InChI is InChI=1S/C23H25N3O4S/c24-14-18-17-9-5-2-6-10-19(17)31-23(18)26-21(28)15-30-22(29)11-12-25-20(27)13-16-7-3-1-4-8-16/h1,3-4,7-8H,2,5-6,9-13,15H2,(H,25,27)(H,26,28). The summed E-state index contributed by atoms with van der Waals surface area (Å²) in [4.78, 5) is 37.1. The van der Waals surface area contributed by atoms with Gasteiger partial charge in [-0.25, -0.2) is 0 Å². The van der Waals surface area contributed by atoms with E-state index in [2.05, 4.69) is 16.7 Å². The number of aryl methyl sites for hydroxylation is 1. The van der Waals surface area contributed by atoms with Crippen molar-refractivity contribution in [2.75, 3.05) is 18.5 Å². The summed E-state index contributed by atoms with van der Waals surface area (Å²) in [6.45, 7) is -0.285. The quantitative estimate of drug-likeness (QED) is 0.485. The smallest absolute Gasteiger partial charge is 0.308 e. The van der Waals surface area contributed by atoms with Gasteiger partial charge in [0, 0.05) is 11.4 Å². The van der Waals surface area contributed by atoms with Crippen LogP contribution in [0.4, 0.5) is 5.00 Å². The van der Waals surface area contributed by atoms with E-state index in [1.165, 1.54) is 11.3 Å².